The van der Waals surface area contributed by atoms with Crippen molar-refractivity contribution in [2.45, 2.75) is 32.1 Å². The smallest absolute Gasteiger partial charge is 0.228 e. The summed E-state index contributed by atoms with van der Waals surface area (Å²) in [5.41, 5.74) is 0.993. The number of thiophene rings is 1. The highest BCUT2D eigenvalue weighted by atomic mass is 32.1. The second-order valence-electron chi connectivity index (χ2n) is 7.64. The molecule has 1 aromatic heterocycles. The van der Waals surface area contributed by atoms with Crippen LogP contribution in [0.15, 0.2) is 16.8 Å². The monoisotopic (exact) mass is 362 g/mol. The van der Waals surface area contributed by atoms with Crippen LogP contribution in [0.4, 0.5) is 0 Å². The van der Waals surface area contributed by atoms with Crippen LogP contribution in [0.1, 0.15) is 31.2 Å². The van der Waals surface area contributed by atoms with Crippen LogP contribution >= 0.6 is 11.3 Å². The van der Waals surface area contributed by atoms with Gasteiger partial charge in [-0.2, -0.15) is 11.3 Å². The molecule has 0 bridgehead atoms. The fraction of sp³-hybridized carbons (Fsp3) is 0.684. The van der Waals surface area contributed by atoms with E-state index in [1.54, 1.807) is 11.3 Å². The van der Waals surface area contributed by atoms with Gasteiger partial charge in [0, 0.05) is 44.8 Å². The summed E-state index contributed by atoms with van der Waals surface area (Å²) >= 11 is 1.62. The Labute approximate surface area is 152 Å². The zero-order chi connectivity index (χ0) is 17.3. The van der Waals surface area contributed by atoms with Gasteiger partial charge in [-0.1, -0.05) is 0 Å². The Morgan fingerprint density at radius 3 is 2.64 bits per heavy atom. The molecule has 0 radical (unpaired) electrons. The molecule has 0 aromatic carbocycles. The van der Waals surface area contributed by atoms with Crippen molar-refractivity contribution in [1.82, 2.24) is 9.80 Å². The standard InChI is InChI=1S/C19H26N2O3S/c22-17(11-15-3-10-25-13-15)21-12-16(18(23)20-6-1-2-7-20)19(14-21)4-8-24-9-5-19/h3,10,13,16H,1-2,4-9,11-12,14H2/t16-/m1/s1. The molecular weight excluding hydrogens is 336 g/mol. The lowest BCUT2D eigenvalue weighted by atomic mass is 9.71. The molecule has 0 aliphatic carbocycles. The Balaban J connectivity index is 1.51. The van der Waals surface area contributed by atoms with Crippen molar-refractivity contribution >= 4 is 23.2 Å². The minimum absolute atomic E-state index is 0.0547. The van der Waals surface area contributed by atoms with E-state index < -0.39 is 0 Å². The normalized spacial score (nSPS) is 25.7. The molecule has 1 aromatic rings. The lowest BCUT2D eigenvalue weighted by Gasteiger charge is -2.38. The first-order chi connectivity index (χ1) is 12.2. The average molecular weight is 362 g/mol. The van der Waals surface area contributed by atoms with E-state index in [0.29, 0.717) is 32.7 Å². The molecule has 0 unspecified atom stereocenters. The molecule has 136 valence electrons. The minimum atomic E-state index is -0.0811. The van der Waals surface area contributed by atoms with Crippen molar-refractivity contribution in [1.29, 1.82) is 0 Å². The fourth-order valence-corrected chi connectivity index (χ4v) is 5.29. The van der Waals surface area contributed by atoms with E-state index in [-0.39, 0.29) is 23.1 Å². The molecule has 3 aliphatic rings. The average Bonchev–Trinajstić information content (AvgIpc) is 3.36. The number of rotatable bonds is 3. The molecule has 0 saturated carbocycles. The van der Waals surface area contributed by atoms with E-state index in [1.165, 1.54) is 0 Å². The van der Waals surface area contributed by atoms with Gasteiger partial charge in [-0.05, 0) is 48.1 Å². The summed E-state index contributed by atoms with van der Waals surface area (Å²) in [4.78, 5) is 29.9. The summed E-state index contributed by atoms with van der Waals surface area (Å²) in [6.07, 6.45) is 4.43. The van der Waals surface area contributed by atoms with E-state index in [0.717, 1.165) is 44.3 Å². The van der Waals surface area contributed by atoms with Crippen molar-refractivity contribution in [2.24, 2.45) is 11.3 Å². The van der Waals surface area contributed by atoms with Crippen molar-refractivity contribution in [2.75, 3.05) is 39.4 Å². The first kappa shape index (κ1) is 17.0. The molecule has 6 heteroatoms. The van der Waals surface area contributed by atoms with E-state index >= 15 is 0 Å². The number of carbonyl (C=O) groups excluding carboxylic acids is 2. The Bertz CT molecular complexity index is 619. The van der Waals surface area contributed by atoms with Gasteiger partial charge in [-0.15, -0.1) is 0 Å². The molecule has 4 rings (SSSR count). The summed E-state index contributed by atoms with van der Waals surface area (Å²) in [6, 6.07) is 2.01. The first-order valence-electron chi connectivity index (χ1n) is 9.33. The van der Waals surface area contributed by atoms with Gasteiger partial charge in [0.25, 0.3) is 0 Å². The topological polar surface area (TPSA) is 49.9 Å². The molecule has 1 atom stereocenters. The molecule has 3 fully saturated rings. The highest BCUT2D eigenvalue weighted by molar-refractivity contribution is 7.08. The van der Waals surface area contributed by atoms with Gasteiger partial charge in [0.05, 0.1) is 12.3 Å². The van der Waals surface area contributed by atoms with E-state index in [2.05, 4.69) is 0 Å². The van der Waals surface area contributed by atoms with Gasteiger partial charge in [0.15, 0.2) is 0 Å². The molecule has 5 nitrogen and oxygen atoms in total. The number of amides is 2. The Morgan fingerprint density at radius 1 is 1.20 bits per heavy atom. The number of hydrogen-bond acceptors (Lipinski definition) is 4. The van der Waals surface area contributed by atoms with Crippen molar-refractivity contribution < 1.29 is 14.3 Å². The molecule has 3 aliphatic heterocycles. The third kappa shape index (κ3) is 3.34. The highest BCUT2D eigenvalue weighted by Crippen LogP contribution is 2.45. The molecule has 2 amide bonds. The predicted octanol–water partition coefficient (Wildman–Crippen LogP) is 2.17. The summed E-state index contributed by atoms with van der Waals surface area (Å²) in [7, 11) is 0. The maximum absolute atomic E-state index is 13.2. The number of carbonyl (C=O) groups is 2. The second kappa shape index (κ2) is 7.08. The van der Waals surface area contributed by atoms with Crippen molar-refractivity contribution in [3.05, 3.63) is 22.4 Å². The second-order valence-corrected chi connectivity index (χ2v) is 8.42. The van der Waals surface area contributed by atoms with Crippen molar-refractivity contribution in [3.8, 4) is 0 Å². The minimum Gasteiger partial charge on any atom is -0.381 e. The van der Waals surface area contributed by atoms with E-state index in [4.69, 9.17) is 4.74 Å². The Kier molecular flexibility index (Phi) is 4.82. The zero-order valence-corrected chi connectivity index (χ0v) is 15.4. The van der Waals surface area contributed by atoms with Crippen LogP contribution in [0, 0.1) is 11.3 Å². The van der Waals surface area contributed by atoms with Crippen molar-refractivity contribution in [3.63, 3.8) is 0 Å². The molecular formula is C19H26N2O3S. The Hall–Kier alpha value is -1.40. The molecule has 3 saturated heterocycles. The zero-order valence-electron chi connectivity index (χ0n) is 14.6. The van der Waals surface area contributed by atoms with Crippen LogP contribution in [-0.4, -0.2) is 61.0 Å². The molecule has 0 N–H and O–H groups in total. The molecule has 25 heavy (non-hydrogen) atoms. The number of nitrogens with zero attached hydrogens (tertiary/aromatic N) is 2. The number of hydrogen-bond donors (Lipinski definition) is 0. The van der Waals surface area contributed by atoms with Gasteiger partial charge in [0.2, 0.25) is 11.8 Å². The summed E-state index contributed by atoms with van der Waals surface area (Å²) in [5.74, 6) is 0.368. The maximum Gasteiger partial charge on any atom is 0.228 e. The van der Waals surface area contributed by atoms with E-state index in [9.17, 15) is 9.59 Å². The van der Waals surface area contributed by atoms with E-state index in [1.807, 2.05) is 26.6 Å². The summed E-state index contributed by atoms with van der Waals surface area (Å²) < 4.78 is 5.56. The Morgan fingerprint density at radius 2 is 1.96 bits per heavy atom. The van der Waals surface area contributed by atoms with Crippen LogP contribution in [0.2, 0.25) is 0 Å². The van der Waals surface area contributed by atoms with Gasteiger partial charge in [-0.25, -0.2) is 0 Å². The lowest BCUT2D eigenvalue weighted by Crippen LogP contribution is -2.45. The van der Waals surface area contributed by atoms with Gasteiger partial charge in [-0.3, -0.25) is 9.59 Å². The van der Waals surface area contributed by atoms with Crippen LogP contribution in [0.5, 0.6) is 0 Å². The fourth-order valence-electron chi connectivity index (χ4n) is 4.62. The largest absolute Gasteiger partial charge is 0.381 e. The lowest BCUT2D eigenvalue weighted by molar-refractivity contribution is -0.139. The highest BCUT2D eigenvalue weighted by Gasteiger charge is 2.52. The van der Waals surface area contributed by atoms with Crippen LogP contribution < -0.4 is 0 Å². The molecule has 1 spiro atoms. The SMILES string of the molecule is O=C(Cc1ccsc1)N1C[C@H](C(=O)N2CCCC2)C2(CCOCC2)C1. The van der Waals surface area contributed by atoms with Crippen LogP contribution in [0.3, 0.4) is 0 Å². The first-order valence-corrected chi connectivity index (χ1v) is 10.3. The third-order valence-corrected chi connectivity index (χ3v) is 6.87. The van der Waals surface area contributed by atoms with Crippen LogP contribution in [-0.2, 0) is 20.7 Å². The summed E-state index contributed by atoms with van der Waals surface area (Å²) in [5, 5.41) is 4.04. The number of ether oxygens (including phenoxy) is 1. The van der Waals surface area contributed by atoms with Gasteiger partial charge in [0.1, 0.15) is 0 Å². The maximum atomic E-state index is 13.2. The van der Waals surface area contributed by atoms with Gasteiger partial charge >= 0.3 is 0 Å². The third-order valence-electron chi connectivity index (χ3n) is 6.14. The quantitative estimate of drug-likeness (QED) is 0.828. The summed E-state index contributed by atoms with van der Waals surface area (Å²) in [6.45, 7) is 4.46. The van der Waals surface area contributed by atoms with Gasteiger partial charge < -0.3 is 14.5 Å². The predicted molar refractivity (Wildman–Crippen MR) is 96.4 cm³/mol. The molecule has 4 heterocycles. The number of likely N-dealkylation sites (tertiary alicyclic amines) is 2. The van der Waals surface area contributed by atoms with Crippen LogP contribution in [0.25, 0.3) is 0 Å².